The van der Waals surface area contributed by atoms with E-state index in [-0.39, 0.29) is 0 Å². The normalized spacial score (nSPS) is 27.0. The van der Waals surface area contributed by atoms with Gasteiger partial charge in [0.25, 0.3) is 0 Å². The maximum atomic E-state index is 11.5. The highest BCUT2D eigenvalue weighted by Gasteiger charge is 2.53. The van der Waals surface area contributed by atoms with Crippen molar-refractivity contribution in [3.05, 3.63) is 0 Å². The molecule has 1 aliphatic rings. The Kier molecular flexibility index (Phi) is 7.97. The third-order valence-corrected chi connectivity index (χ3v) is 3.18. The van der Waals surface area contributed by atoms with Gasteiger partial charge in [-0.25, -0.2) is 4.79 Å². The number of hydrogen-bond donors (Lipinski definition) is 1. The average Bonchev–Trinajstić information content (AvgIpc) is 2.49. The van der Waals surface area contributed by atoms with Crippen LogP contribution in [0.5, 0.6) is 0 Å². The number of nitrogens with two attached hydrogens (primary N) is 1. The van der Waals surface area contributed by atoms with Crippen molar-refractivity contribution in [2.45, 2.75) is 58.4 Å². The number of rotatable bonds is 6. The quantitative estimate of drug-likeness (QED) is 0.443. The number of primary amides is 1. The van der Waals surface area contributed by atoms with Crippen molar-refractivity contribution in [2.75, 3.05) is 6.61 Å². The topological polar surface area (TPSA) is 167 Å². The predicted octanol–water partition coefficient (Wildman–Crippen LogP) is -0.835. The monoisotopic (exact) mass is 391 g/mol. The summed E-state index contributed by atoms with van der Waals surface area (Å²) in [7, 11) is 0. The maximum Gasteiger partial charge on any atom is 0.405 e. The molecule has 0 aromatic rings. The molecule has 2 N–H and O–H groups in total. The number of amides is 1. The van der Waals surface area contributed by atoms with Gasteiger partial charge in [0, 0.05) is 27.7 Å². The molecule has 0 aromatic carbocycles. The largest absolute Gasteiger partial charge is 0.463 e. The average molecular weight is 391 g/mol. The molecule has 1 fully saturated rings. The van der Waals surface area contributed by atoms with Gasteiger partial charge in [0.1, 0.15) is 12.7 Å². The van der Waals surface area contributed by atoms with Gasteiger partial charge in [-0.3, -0.25) is 19.2 Å². The number of carbonyl (C=O) groups is 5. The Morgan fingerprint density at radius 1 is 0.741 bits per heavy atom. The minimum Gasteiger partial charge on any atom is -0.463 e. The highest BCUT2D eigenvalue weighted by atomic mass is 16.7. The summed E-state index contributed by atoms with van der Waals surface area (Å²) in [5, 5.41) is 0. The number of ether oxygens (including phenoxy) is 6. The standard InChI is InChI=1S/C15H21NO11/c1-6(17)22-5-10-11(27-15(16)21)12(23-7(2)18)13(24-8(3)19)14(26-10)25-9(4)20/h10-14H,5H2,1-4H3,(H2,16,21)/t10-,11-,12+,13+,14+/m1/s1. The fourth-order valence-electron chi connectivity index (χ4n) is 2.39. The van der Waals surface area contributed by atoms with Gasteiger partial charge in [-0.05, 0) is 0 Å². The van der Waals surface area contributed by atoms with E-state index >= 15 is 0 Å². The van der Waals surface area contributed by atoms with Crippen molar-refractivity contribution >= 4 is 30.0 Å². The Labute approximate surface area is 154 Å². The highest BCUT2D eigenvalue weighted by molar-refractivity contribution is 5.69. The Bertz CT molecular complexity index is 605. The summed E-state index contributed by atoms with van der Waals surface area (Å²) in [6, 6.07) is 0. The van der Waals surface area contributed by atoms with E-state index in [9.17, 15) is 24.0 Å². The second-order valence-corrected chi connectivity index (χ2v) is 5.50. The molecule has 1 rings (SSSR count). The first-order valence-electron chi connectivity index (χ1n) is 7.77. The van der Waals surface area contributed by atoms with Gasteiger partial charge in [0.15, 0.2) is 12.2 Å². The summed E-state index contributed by atoms with van der Waals surface area (Å²) >= 11 is 0. The van der Waals surface area contributed by atoms with Crippen molar-refractivity contribution in [3.63, 3.8) is 0 Å². The van der Waals surface area contributed by atoms with E-state index in [1.165, 1.54) is 0 Å². The lowest BCUT2D eigenvalue weighted by Crippen LogP contribution is -2.63. The zero-order chi connectivity index (χ0) is 20.7. The molecular formula is C15H21NO11. The minimum atomic E-state index is -1.52. The van der Waals surface area contributed by atoms with Gasteiger partial charge in [0.2, 0.25) is 12.4 Å². The van der Waals surface area contributed by atoms with E-state index in [0.29, 0.717) is 0 Å². The molecule has 1 aliphatic heterocycles. The van der Waals surface area contributed by atoms with Crippen molar-refractivity contribution < 1.29 is 52.4 Å². The second-order valence-electron chi connectivity index (χ2n) is 5.50. The van der Waals surface area contributed by atoms with Crippen LogP contribution in [0, 0.1) is 0 Å². The van der Waals surface area contributed by atoms with E-state index in [1.807, 2.05) is 0 Å². The third kappa shape index (κ3) is 7.09. The van der Waals surface area contributed by atoms with E-state index in [1.54, 1.807) is 0 Å². The van der Waals surface area contributed by atoms with Gasteiger partial charge in [-0.1, -0.05) is 0 Å². The Balaban J connectivity index is 3.29. The van der Waals surface area contributed by atoms with Crippen molar-refractivity contribution in [1.82, 2.24) is 0 Å². The summed E-state index contributed by atoms with van der Waals surface area (Å²) in [5.41, 5.74) is 5.04. The molecule has 1 amide bonds. The van der Waals surface area contributed by atoms with Crippen LogP contribution < -0.4 is 5.73 Å². The van der Waals surface area contributed by atoms with Crippen molar-refractivity contribution in [1.29, 1.82) is 0 Å². The van der Waals surface area contributed by atoms with E-state index in [2.05, 4.69) is 0 Å². The van der Waals surface area contributed by atoms with E-state index in [0.717, 1.165) is 27.7 Å². The molecule has 0 bridgehead atoms. The fourth-order valence-corrected chi connectivity index (χ4v) is 2.39. The van der Waals surface area contributed by atoms with Crippen molar-refractivity contribution in [3.8, 4) is 0 Å². The molecule has 1 heterocycles. The first kappa shape index (κ1) is 22.2. The van der Waals surface area contributed by atoms with Gasteiger partial charge in [-0.2, -0.15) is 0 Å². The van der Waals surface area contributed by atoms with Crippen LogP contribution in [0.1, 0.15) is 27.7 Å². The molecule has 0 unspecified atom stereocenters. The summed E-state index contributed by atoms with van der Waals surface area (Å²) in [6.45, 7) is 3.87. The molecule has 12 nitrogen and oxygen atoms in total. The van der Waals surface area contributed by atoms with Gasteiger partial charge >= 0.3 is 30.0 Å². The number of carbonyl (C=O) groups excluding carboxylic acids is 5. The van der Waals surface area contributed by atoms with Gasteiger partial charge < -0.3 is 34.2 Å². The van der Waals surface area contributed by atoms with E-state index in [4.69, 9.17) is 34.2 Å². The summed E-state index contributed by atoms with van der Waals surface area (Å²) in [6.07, 6.45) is -8.33. The molecule has 1 saturated heterocycles. The maximum absolute atomic E-state index is 11.5. The lowest BCUT2D eigenvalue weighted by Gasteiger charge is -2.43. The van der Waals surface area contributed by atoms with Crippen LogP contribution in [0.3, 0.4) is 0 Å². The van der Waals surface area contributed by atoms with Crippen LogP contribution in [0.15, 0.2) is 0 Å². The summed E-state index contributed by atoms with van der Waals surface area (Å²) in [5.74, 6) is -3.09. The molecule has 0 spiro atoms. The predicted molar refractivity (Wildman–Crippen MR) is 82.6 cm³/mol. The Morgan fingerprint density at radius 2 is 1.26 bits per heavy atom. The smallest absolute Gasteiger partial charge is 0.405 e. The molecule has 152 valence electrons. The zero-order valence-corrected chi connectivity index (χ0v) is 15.2. The summed E-state index contributed by atoms with van der Waals surface area (Å²) < 4.78 is 30.3. The molecule has 0 aromatic heterocycles. The third-order valence-electron chi connectivity index (χ3n) is 3.18. The Morgan fingerprint density at radius 3 is 1.70 bits per heavy atom. The van der Waals surface area contributed by atoms with Crippen molar-refractivity contribution in [2.24, 2.45) is 5.73 Å². The molecular weight excluding hydrogens is 370 g/mol. The van der Waals surface area contributed by atoms with Crippen LogP contribution >= 0.6 is 0 Å². The van der Waals surface area contributed by atoms with Crippen LogP contribution in [-0.4, -0.2) is 67.3 Å². The first-order chi connectivity index (χ1) is 12.5. The molecule has 5 atom stereocenters. The Hall–Kier alpha value is -2.89. The molecule has 0 aliphatic carbocycles. The zero-order valence-electron chi connectivity index (χ0n) is 15.2. The molecule has 12 heteroatoms. The van der Waals surface area contributed by atoms with Crippen LogP contribution in [0.25, 0.3) is 0 Å². The van der Waals surface area contributed by atoms with Crippen LogP contribution in [-0.2, 0) is 47.6 Å². The van der Waals surface area contributed by atoms with Crippen LogP contribution in [0.2, 0.25) is 0 Å². The number of hydrogen-bond acceptors (Lipinski definition) is 11. The molecule has 0 radical (unpaired) electrons. The van der Waals surface area contributed by atoms with E-state index < -0.39 is 67.3 Å². The minimum absolute atomic E-state index is 0.449. The summed E-state index contributed by atoms with van der Waals surface area (Å²) in [4.78, 5) is 56.7. The second kappa shape index (κ2) is 9.71. The SMILES string of the molecule is CC(=O)OC[C@H]1O[C@H](OC(C)=O)[C@@H](OC(C)=O)[C@@H](OC(C)=O)[C@@H]1OC(N)=O. The van der Waals surface area contributed by atoms with Gasteiger partial charge in [-0.15, -0.1) is 0 Å². The highest BCUT2D eigenvalue weighted by Crippen LogP contribution is 2.29. The first-order valence-corrected chi connectivity index (χ1v) is 7.77. The number of esters is 4. The molecule has 0 saturated carbocycles. The molecule has 27 heavy (non-hydrogen) atoms. The lowest BCUT2D eigenvalue weighted by molar-refractivity contribution is -0.297. The van der Waals surface area contributed by atoms with Gasteiger partial charge in [0.05, 0.1) is 0 Å². The lowest BCUT2D eigenvalue weighted by atomic mass is 9.98. The van der Waals surface area contributed by atoms with Crippen LogP contribution in [0.4, 0.5) is 4.79 Å². The fraction of sp³-hybridized carbons (Fsp3) is 0.667.